The second-order valence-corrected chi connectivity index (χ2v) is 4.56. The van der Waals surface area contributed by atoms with Crippen LogP contribution >= 0.6 is 11.3 Å². The van der Waals surface area contributed by atoms with E-state index in [0.717, 1.165) is 16.1 Å². The number of nitrogens with two attached hydrogens (primary N) is 1. The molecule has 3 nitrogen and oxygen atoms in total. The normalized spacial score (nSPS) is 10.2. The summed E-state index contributed by atoms with van der Waals surface area (Å²) in [6.45, 7) is 0.368. The maximum Gasteiger partial charge on any atom is 0.225 e. The summed E-state index contributed by atoms with van der Waals surface area (Å²) in [6.07, 6.45) is 0.346. The third-order valence-corrected chi connectivity index (χ3v) is 3.26. The Morgan fingerprint density at radius 3 is 2.76 bits per heavy atom. The molecule has 0 unspecified atom stereocenters. The number of hydrogen-bond acceptors (Lipinski definition) is 3. The Morgan fingerprint density at radius 2 is 2.06 bits per heavy atom. The summed E-state index contributed by atoms with van der Waals surface area (Å²) in [7, 11) is 0. The highest BCUT2D eigenvalue weighted by Gasteiger charge is 2.07. The summed E-state index contributed by atoms with van der Waals surface area (Å²) >= 11 is 1.65. The largest absolute Gasteiger partial charge is 0.330 e. The molecule has 0 aliphatic rings. The third kappa shape index (κ3) is 2.93. The molecule has 4 heteroatoms. The van der Waals surface area contributed by atoms with Crippen LogP contribution in [-0.2, 0) is 4.79 Å². The van der Waals surface area contributed by atoms with Crippen molar-refractivity contribution < 1.29 is 4.79 Å². The fraction of sp³-hybridized carbons (Fsp3) is 0.154. The highest BCUT2D eigenvalue weighted by atomic mass is 32.1. The number of benzene rings is 1. The number of carbonyl (C=O) groups excluding carboxylic acids is 1. The fourth-order valence-corrected chi connectivity index (χ4v) is 2.35. The molecule has 0 saturated carbocycles. The van der Waals surface area contributed by atoms with Gasteiger partial charge in [0, 0.05) is 29.1 Å². The van der Waals surface area contributed by atoms with Crippen LogP contribution in [0.5, 0.6) is 0 Å². The van der Waals surface area contributed by atoms with Gasteiger partial charge in [-0.25, -0.2) is 0 Å². The molecule has 3 N–H and O–H groups in total. The summed E-state index contributed by atoms with van der Waals surface area (Å²) in [4.78, 5) is 12.7. The van der Waals surface area contributed by atoms with Crippen LogP contribution in [0.15, 0.2) is 41.8 Å². The van der Waals surface area contributed by atoms with Gasteiger partial charge in [0.1, 0.15) is 0 Å². The lowest BCUT2D eigenvalue weighted by atomic mass is 10.1. The van der Waals surface area contributed by atoms with Crippen molar-refractivity contribution in [2.45, 2.75) is 6.42 Å². The van der Waals surface area contributed by atoms with Crippen LogP contribution in [0.4, 0.5) is 5.69 Å². The molecule has 1 amide bonds. The summed E-state index contributed by atoms with van der Waals surface area (Å²) in [5.74, 6) is -0.0449. The summed E-state index contributed by atoms with van der Waals surface area (Å²) in [5.41, 5.74) is 7.25. The van der Waals surface area contributed by atoms with Crippen molar-refractivity contribution in [1.82, 2.24) is 0 Å². The monoisotopic (exact) mass is 246 g/mol. The first-order chi connectivity index (χ1) is 8.31. The quantitative estimate of drug-likeness (QED) is 0.871. The average molecular weight is 246 g/mol. The minimum absolute atomic E-state index is 0.0449. The van der Waals surface area contributed by atoms with Crippen LogP contribution < -0.4 is 11.1 Å². The molecule has 0 fully saturated rings. The van der Waals surface area contributed by atoms with Gasteiger partial charge in [-0.2, -0.15) is 0 Å². The van der Waals surface area contributed by atoms with E-state index in [1.807, 2.05) is 41.8 Å². The zero-order valence-electron chi connectivity index (χ0n) is 9.35. The van der Waals surface area contributed by atoms with Crippen LogP contribution in [0.25, 0.3) is 10.4 Å². The molecule has 2 rings (SSSR count). The molecule has 0 aliphatic heterocycles. The molecule has 17 heavy (non-hydrogen) atoms. The molecule has 0 radical (unpaired) electrons. The van der Waals surface area contributed by atoms with E-state index >= 15 is 0 Å². The first kappa shape index (κ1) is 11.8. The molecule has 2 aromatic rings. The van der Waals surface area contributed by atoms with Gasteiger partial charge in [-0.05, 0) is 17.5 Å². The van der Waals surface area contributed by atoms with Gasteiger partial charge in [-0.15, -0.1) is 11.3 Å². The zero-order valence-corrected chi connectivity index (χ0v) is 10.2. The Kier molecular flexibility index (Phi) is 3.90. The molecular formula is C13H14N2OS. The van der Waals surface area contributed by atoms with E-state index < -0.39 is 0 Å². The van der Waals surface area contributed by atoms with E-state index in [0.29, 0.717) is 13.0 Å². The Balaban J connectivity index is 2.25. The highest BCUT2D eigenvalue weighted by Crippen LogP contribution is 2.31. The van der Waals surface area contributed by atoms with Crippen LogP contribution in [0.3, 0.4) is 0 Å². The third-order valence-electron chi connectivity index (χ3n) is 2.36. The Bertz CT molecular complexity index is 494. The van der Waals surface area contributed by atoms with Crippen LogP contribution in [0.2, 0.25) is 0 Å². The Labute approximate surface area is 104 Å². The lowest BCUT2D eigenvalue weighted by Crippen LogP contribution is -2.16. The van der Waals surface area contributed by atoms with Crippen LogP contribution in [0.1, 0.15) is 6.42 Å². The van der Waals surface area contributed by atoms with E-state index in [1.54, 1.807) is 11.3 Å². The first-order valence-electron chi connectivity index (χ1n) is 5.44. The van der Waals surface area contributed by atoms with Gasteiger partial charge in [0.25, 0.3) is 0 Å². The van der Waals surface area contributed by atoms with E-state index in [-0.39, 0.29) is 5.91 Å². The van der Waals surface area contributed by atoms with Crippen molar-refractivity contribution in [3.05, 3.63) is 41.8 Å². The average Bonchev–Trinajstić information content (AvgIpc) is 2.83. The van der Waals surface area contributed by atoms with Crippen molar-refractivity contribution in [1.29, 1.82) is 0 Å². The second kappa shape index (κ2) is 5.61. The molecule has 1 aromatic carbocycles. The van der Waals surface area contributed by atoms with E-state index in [2.05, 4.69) is 5.32 Å². The minimum atomic E-state index is -0.0449. The SMILES string of the molecule is NCCC(=O)Nc1ccccc1-c1cccs1. The summed E-state index contributed by atoms with van der Waals surface area (Å²) < 4.78 is 0. The number of rotatable bonds is 4. The Morgan fingerprint density at radius 1 is 1.24 bits per heavy atom. The van der Waals surface area contributed by atoms with Gasteiger partial charge in [-0.3, -0.25) is 4.79 Å². The molecule has 88 valence electrons. The van der Waals surface area contributed by atoms with Crippen LogP contribution in [-0.4, -0.2) is 12.5 Å². The summed E-state index contributed by atoms with van der Waals surface area (Å²) in [6, 6.07) is 11.8. The molecule has 0 spiro atoms. The molecule has 0 bridgehead atoms. The van der Waals surface area contributed by atoms with Gasteiger partial charge in [0.05, 0.1) is 0 Å². The number of para-hydroxylation sites is 1. The number of hydrogen-bond donors (Lipinski definition) is 2. The molecule has 1 aromatic heterocycles. The van der Waals surface area contributed by atoms with Crippen LogP contribution in [0, 0.1) is 0 Å². The first-order valence-corrected chi connectivity index (χ1v) is 6.32. The fourth-order valence-electron chi connectivity index (χ4n) is 1.58. The molecule has 0 atom stereocenters. The molecule has 0 aliphatic carbocycles. The van der Waals surface area contributed by atoms with Crippen molar-refractivity contribution >= 4 is 22.9 Å². The zero-order chi connectivity index (χ0) is 12.1. The second-order valence-electron chi connectivity index (χ2n) is 3.61. The maximum atomic E-state index is 11.5. The van der Waals surface area contributed by atoms with Crippen molar-refractivity contribution in [2.75, 3.05) is 11.9 Å². The van der Waals surface area contributed by atoms with Crippen molar-refractivity contribution in [3.8, 4) is 10.4 Å². The van der Waals surface area contributed by atoms with Gasteiger partial charge in [0.15, 0.2) is 0 Å². The van der Waals surface area contributed by atoms with E-state index in [4.69, 9.17) is 5.73 Å². The van der Waals surface area contributed by atoms with Gasteiger partial charge in [0.2, 0.25) is 5.91 Å². The molecule has 0 saturated heterocycles. The standard InChI is InChI=1S/C13H14N2OS/c14-8-7-13(16)15-11-5-2-1-4-10(11)12-6-3-9-17-12/h1-6,9H,7-8,14H2,(H,15,16). The van der Waals surface area contributed by atoms with Crippen molar-refractivity contribution in [3.63, 3.8) is 0 Å². The van der Waals surface area contributed by atoms with Crippen molar-refractivity contribution in [2.24, 2.45) is 5.73 Å². The van der Waals surface area contributed by atoms with Gasteiger partial charge >= 0.3 is 0 Å². The van der Waals surface area contributed by atoms with E-state index in [9.17, 15) is 4.79 Å². The Hall–Kier alpha value is -1.65. The predicted octanol–water partition coefficient (Wildman–Crippen LogP) is 2.70. The maximum absolute atomic E-state index is 11.5. The van der Waals surface area contributed by atoms with Gasteiger partial charge in [-0.1, -0.05) is 24.3 Å². The lowest BCUT2D eigenvalue weighted by Gasteiger charge is -2.09. The number of amides is 1. The topological polar surface area (TPSA) is 55.1 Å². The molecular weight excluding hydrogens is 232 g/mol. The predicted molar refractivity (Wildman–Crippen MR) is 72.1 cm³/mol. The van der Waals surface area contributed by atoms with Gasteiger partial charge < -0.3 is 11.1 Å². The number of anilines is 1. The number of thiophene rings is 1. The highest BCUT2D eigenvalue weighted by molar-refractivity contribution is 7.13. The molecule has 1 heterocycles. The minimum Gasteiger partial charge on any atom is -0.330 e. The number of carbonyl (C=O) groups is 1. The smallest absolute Gasteiger partial charge is 0.225 e. The van der Waals surface area contributed by atoms with E-state index in [1.165, 1.54) is 0 Å². The lowest BCUT2D eigenvalue weighted by molar-refractivity contribution is -0.116. The number of nitrogens with one attached hydrogen (secondary N) is 1. The summed E-state index contributed by atoms with van der Waals surface area (Å²) in [5, 5.41) is 4.91.